The summed E-state index contributed by atoms with van der Waals surface area (Å²) >= 11 is 0. The molecule has 0 radical (unpaired) electrons. The molecule has 0 bridgehead atoms. The Morgan fingerprint density at radius 3 is 2.34 bits per heavy atom. The smallest absolute Gasteiger partial charge is 0.234 e. The number of nitrogens with zero attached hydrogens (tertiary/aromatic N) is 5. The lowest BCUT2D eigenvalue weighted by Gasteiger charge is -2.39. The van der Waals surface area contributed by atoms with Gasteiger partial charge >= 0.3 is 0 Å². The van der Waals surface area contributed by atoms with Gasteiger partial charge in [0.2, 0.25) is 17.8 Å². The number of amides is 2. The van der Waals surface area contributed by atoms with E-state index in [1.807, 2.05) is 25.3 Å². The fourth-order valence-electron chi connectivity index (χ4n) is 9.78. The number of aromatic nitrogens is 4. The van der Waals surface area contributed by atoms with E-state index in [0.717, 1.165) is 96.6 Å². The number of nitrogens with one attached hydrogen (secondary N) is 3. The zero-order chi connectivity index (χ0) is 42.6. The molecule has 8 rings (SSSR count). The summed E-state index contributed by atoms with van der Waals surface area (Å²) in [5.41, 5.74) is 7.52. The molecule has 61 heavy (non-hydrogen) atoms. The molecule has 2 aromatic heterocycles. The predicted octanol–water partition coefficient (Wildman–Crippen LogP) is 8.75. The Bertz CT molecular complexity index is 2390. The van der Waals surface area contributed by atoms with Gasteiger partial charge in [-0.1, -0.05) is 15.5 Å². The van der Waals surface area contributed by atoms with Crippen molar-refractivity contribution in [3.8, 4) is 5.75 Å². The second-order valence-corrected chi connectivity index (χ2v) is 17.8. The summed E-state index contributed by atoms with van der Waals surface area (Å²) in [6.45, 7) is 9.05. The van der Waals surface area contributed by atoms with E-state index in [1.54, 1.807) is 19.5 Å². The van der Waals surface area contributed by atoms with E-state index in [9.17, 15) is 9.59 Å². The van der Waals surface area contributed by atoms with Crippen molar-refractivity contribution in [3.63, 3.8) is 0 Å². The lowest BCUT2D eigenvalue weighted by molar-refractivity contribution is -0.134. The molecule has 1 saturated carbocycles. The number of imide groups is 1. The van der Waals surface area contributed by atoms with E-state index in [0.29, 0.717) is 44.3 Å². The molecule has 2 amide bonds. The van der Waals surface area contributed by atoms with Crippen LogP contribution in [0.25, 0.3) is 11.0 Å². The minimum absolute atomic E-state index is 0.0767. The molecule has 3 aromatic carbocycles. The van der Waals surface area contributed by atoms with Crippen molar-refractivity contribution in [2.75, 3.05) is 44.0 Å². The highest BCUT2D eigenvalue weighted by Crippen LogP contribution is 2.45. The Labute approximate surface area is 358 Å². The molecule has 14 heteroatoms. The molecule has 11 nitrogen and oxygen atoms in total. The molecular weight excluding hydrogens is 794 g/mol. The van der Waals surface area contributed by atoms with Crippen molar-refractivity contribution in [1.82, 2.24) is 30.2 Å². The molecule has 2 aliphatic heterocycles. The van der Waals surface area contributed by atoms with Crippen LogP contribution in [-0.2, 0) is 22.4 Å². The number of ether oxygens (including phenoxy) is 1. The average molecular weight is 849 g/mol. The number of carbonyl (C=O) groups excluding carboxylic acids is 2. The van der Waals surface area contributed by atoms with Crippen LogP contribution in [0.1, 0.15) is 97.9 Å². The van der Waals surface area contributed by atoms with E-state index in [1.165, 1.54) is 36.1 Å². The first kappa shape index (κ1) is 42.6. The predicted molar refractivity (Wildman–Crippen MR) is 238 cm³/mol. The first-order valence-corrected chi connectivity index (χ1v) is 23.2. The zero-order valence-electron chi connectivity index (χ0n) is 35.4. The van der Waals surface area contributed by atoms with Gasteiger partial charge < -0.3 is 20.3 Å². The Morgan fingerprint density at radius 2 is 1.64 bits per heavy atom. The number of likely N-dealkylation sites (tertiary alicyclic amines) is 1. The Hall–Kier alpha value is -5.13. The first-order valence-electron chi connectivity index (χ1n) is 21.7. The van der Waals surface area contributed by atoms with Crippen LogP contribution < -0.4 is 26.0 Å². The van der Waals surface area contributed by atoms with Crippen LogP contribution in [0.15, 0.2) is 55.0 Å². The summed E-state index contributed by atoms with van der Waals surface area (Å²) in [6.07, 6.45) is 13.9. The number of piperidine rings is 2. The summed E-state index contributed by atoms with van der Waals surface area (Å²) in [5, 5.41) is 10.3. The van der Waals surface area contributed by atoms with Gasteiger partial charge in [-0.05, 0) is 155 Å². The number of carbonyl (C=O) groups is 2. The van der Waals surface area contributed by atoms with Crippen LogP contribution in [0.3, 0.4) is 0 Å². The van der Waals surface area contributed by atoms with Gasteiger partial charge in [0.05, 0.1) is 29.7 Å². The molecular formula is C47H55F2N8O3P. The normalized spacial score (nSPS) is 20.3. The lowest BCUT2D eigenvalue weighted by Crippen LogP contribution is -2.40. The van der Waals surface area contributed by atoms with Gasteiger partial charge in [-0.3, -0.25) is 24.9 Å². The first-order chi connectivity index (χ1) is 29.6. The van der Waals surface area contributed by atoms with Crippen LogP contribution in [0.4, 0.5) is 31.9 Å². The fourth-order valence-corrected chi connectivity index (χ4v) is 10.6. The quantitative estimate of drug-likeness (QED) is 0.0780. The number of aryl methyl sites for hydroxylation is 2. The van der Waals surface area contributed by atoms with Crippen LogP contribution >= 0.6 is 8.58 Å². The van der Waals surface area contributed by atoms with Crippen molar-refractivity contribution in [2.45, 2.75) is 89.9 Å². The van der Waals surface area contributed by atoms with Gasteiger partial charge in [0.25, 0.3) is 0 Å². The van der Waals surface area contributed by atoms with E-state index >= 15 is 8.78 Å². The summed E-state index contributed by atoms with van der Waals surface area (Å²) < 4.78 is 36.2. The molecule has 4 heterocycles. The minimum Gasteiger partial charge on any atom is -0.495 e. The minimum atomic E-state index is -0.979. The largest absolute Gasteiger partial charge is 0.495 e. The van der Waals surface area contributed by atoms with Crippen molar-refractivity contribution >= 4 is 59.9 Å². The summed E-state index contributed by atoms with van der Waals surface area (Å²) in [5.74, 6) is 0.397. The highest BCUT2D eigenvalue weighted by Gasteiger charge is 2.34. The second kappa shape index (κ2) is 18.9. The van der Waals surface area contributed by atoms with E-state index in [4.69, 9.17) is 9.72 Å². The number of methoxy groups -OCH3 is 1. The molecule has 3 N–H and O–H groups in total. The molecule has 5 aromatic rings. The van der Waals surface area contributed by atoms with Gasteiger partial charge in [-0.15, -0.1) is 0 Å². The molecule has 1 aliphatic carbocycles. The molecule has 3 fully saturated rings. The number of halogens is 2. The molecule has 0 spiro atoms. The van der Waals surface area contributed by atoms with Crippen molar-refractivity contribution < 1.29 is 23.1 Å². The highest BCUT2D eigenvalue weighted by atomic mass is 31.1. The van der Waals surface area contributed by atoms with Crippen LogP contribution in [0, 0.1) is 30.4 Å². The maximum absolute atomic E-state index is 15.1. The third kappa shape index (κ3) is 9.38. The van der Waals surface area contributed by atoms with Crippen molar-refractivity contribution in [3.05, 3.63) is 94.4 Å². The number of anilines is 4. The van der Waals surface area contributed by atoms with Crippen LogP contribution in [0.2, 0.25) is 0 Å². The highest BCUT2D eigenvalue weighted by molar-refractivity contribution is 7.47. The van der Waals surface area contributed by atoms with E-state index in [2.05, 4.69) is 61.5 Å². The lowest BCUT2D eigenvalue weighted by atomic mass is 9.70. The standard InChI is InChI=1S/C47H55F2N8O3P/c1-5-29-24-39(54-47-52-26-27(2)45(56-47)53-38-12-11-37-43(44(38)61-4)51-18-17-50-37)40(60-3)25-34(29)32-8-6-30(7-9-32)31-15-20-57(21-16-31)19-14-28-22-35(48)42(36(49)23-28)33-10-13-41(58)55-46(33)59/h11-12,17-18,22-26,30-33,61H,5-10,13-16,19-21H2,1-4H3,(H,55,58,59)(H2,52,53,54,56)/t30?,32?,33-/m1/s1. The number of rotatable bonds is 13. The average Bonchev–Trinajstić information content (AvgIpc) is 3.27. The van der Waals surface area contributed by atoms with Gasteiger partial charge in [0.15, 0.2) is 0 Å². The van der Waals surface area contributed by atoms with Gasteiger partial charge in [0.1, 0.15) is 23.2 Å². The number of benzene rings is 3. The Balaban J connectivity index is 0.855. The SMILES string of the molecule is CCc1cc(Nc2ncc(C)c(Nc3ccc4nccnc4c3PC)n2)c(OC)cc1C1CCC(C2CCN(CCc3cc(F)c([C@H]4CCC(=O)NC4=O)c(F)c3)CC2)CC1. The molecule has 1 unspecified atom stereocenters. The van der Waals surface area contributed by atoms with Gasteiger partial charge in [0, 0.05) is 53.7 Å². The Morgan fingerprint density at radius 1 is 0.902 bits per heavy atom. The number of fused-ring (bicyclic) bond motifs is 1. The molecule has 2 saturated heterocycles. The van der Waals surface area contributed by atoms with Crippen LogP contribution in [0.5, 0.6) is 5.75 Å². The maximum Gasteiger partial charge on any atom is 0.234 e. The second-order valence-electron chi connectivity index (χ2n) is 16.8. The van der Waals surface area contributed by atoms with Gasteiger partial charge in [-0.2, -0.15) is 4.98 Å². The number of hydrogen-bond donors (Lipinski definition) is 3. The molecule has 3 aliphatic rings. The van der Waals surface area contributed by atoms with Crippen molar-refractivity contribution in [2.24, 2.45) is 11.8 Å². The van der Waals surface area contributed by atoms with E-state index in [-0.39, 0.29) is 18.4 Å². The summed E-state index contributed by atoms with van der Waals surface area (Å²) in [6, 6.07) is 11.2. The van der Waals surface area contributed by atoms with Crippen molar-refractivity contribution in [1.29, 1.82) is 0 Å². The third-order valence-corrected chi connectivity index (χ3v) is 14.2. The number of hydrogen-bond acceptors (Lipinski definition) is 10. The molecule has 2 atom stereocenters. The summed E-state index contributed by atoms with van der Waals surface area (Å²) in [4.78, 5) is 44.8. The van der Waals surface area contributed by atoms with E-state index < -0.39 is 29.4 Å². The topological polar surface area (TPSA) is 134 Å². The third-order valence-electron chi connectivity index (χ3n) is 13.2. The molecule has 320 valence electrons. The van der Waals surface area contributed by atoms with Crippen LogP contribution in [-0.4, -0.2) is 70.1 Å². The van der Waals surface area contributed by atoms with Gasteiger partial charge in [-0.25, -0.2) is 13.8 Å². The fraction of sp³-hybridized carbons (Fsp3) is 0.447. The summed E-state index contributed by atoms with van der Waals surface area (Å²) in [7, 11) is 2.24. The monoisotopic (exact) mass is 848 g/mol. The zero-order valence-corrected chi connectivity index (χ0v) is 36.4. The maximum atomic E-state index is 15.1. The Kier molecular flexibility index (Phi) is 13.2.